The van der Waals surface area contributed by atoms with E-state index in [1.165, 1.54) is 0 Å². The van der Waals surface area contributed by atoms with Gasteiger partial charge in [0.1, 0.15) is 5.75 Å². The number of ether oxygens (including phenoxy) is 1. The van der Waals surface area contributed by atoms with Crippen LogP contribution in [0.1, 0.15) is 18.9 Å². The molecule has 16 heavy (non-hydrogen) atoms. The summed E-state index contributed by atoms with van der Waals surface area (Å²) in [5.74, 6) is 0.806. The average Bonchev–Trinajstić information content (AvgIpc) is 2.21. The van der Waals surface area contributed by atoms with E-state index in [0.29, 0.717) is 17.9 Å². The first kappa shape index (κ1) is 12.8. The summed E-state index contributed by atoms with van der Waals surface area (Å²) >= 11 is 0. The van der Waals surface area contributed by atoms with Crippen molar-refractivity contribution in [2.45, 2.75) is 20.3 Å². The molecule has 1 rings (SSSR count). The lowest BCUT2D eigenvalue weighted by Gasteiger charge is -2.12. The van der Waals surface area contributed by atoms with E-state index in [1.54, 1.807) is 25.3 Å². The van der Waals surface area contributed by atoms with Crippen molar-refractivity contribution in [3.63, 3.8) is 0 Å². The summed E-state index contributed by atoms with van der Waals surface area (Å²) in [6.45, 7) is 3.65. The van der Waals surface area contributed by atoms with Crippen LogP contribution in [-0.4, -0.2) is 21.3 Å². The normalized spacial score (nSPS) is 11.2. The standard InChI is InChI=1S/C11H17NO3S/c1-4-8-16(13,14)12-10-6-5-7-11(15-3)9(10)2/h5-7,12H,4,8H2,1-3H3. The molecule has 0 saturated heterocycles. The second kappa shape index (κ2) is 5.21. The minimum Gasteiger partial charge on any atom is -0.496 e. The summed E-state index contributed by atoms with van der Waals surface area (Å²) in [6.07, 6.45) is 0.596. The molecule has 0 aliphatic heterocycles. The third-order valence-electron chi connectivity index (χ3n) is 2.24. The molecule has 0 bridgehead atoms. The van der Waals surface area contributed by atoms with E-state index in [-0.39, 0.29) is 5.75 Å². The van der Waals surface area contributed by atoms with Crippen LogP contribution in [0.2, 0.25) is 0 Å². The second-order valence-electron chi connectivity index (χ2n) is 3.55. The molecule has 1 aromatic carbocycles. The molecule has 0 unspecified atom stereocenters. The van der Waals surface area contributed by atoms with Gasteiger partial charge >= 0.3 is 0 Å². The van der Waals surface area contributed by atoms with Crippen LogP contribution in [0.5, 0.6) is 5.75 Å². The summed E-state index contributed by atoms with van der Waals surface area (Å²) in [5, 5.41) is 0. The van der Waals surface area contributed by atoms with Gasteiger partial charge in [0, 0.05) is 5.56 Å². The minimum atomic E-state index is -3.24. The Balaban J connectivity index is 2.98. The topological polar surface area (TPSA) is 55.4 Å². The maximum absolute atomic E-state index is 11.6. The van der Waals surface area contributed by atoms with E-state index in [9.17, 15) is 8.42 Å². The third-order valence-corrected chi connectivity index (χ3v) is 3.72. The molecule has 0 aromatic heterocycles. The number of hydrogen-bond donors (Lipinski definition) is 1. The number of benzene rings is 1. The van der Waals surface area contributed by atoms with Gasteiger partial charge in [-0.1, -0.05) is 13.0 Å². The molecule has 0 aliphatic carbocycles. The highest BCUT2D eigenvalue weighted by molar-refractivity contribution is 7.92. The first-order valence-corrected chi connectivity index (χ1v) is 6.79. The summed E-state index contributed by atoms with van der Waals surface area (Å²) in [5.41, 5.74) is 1.37. The fourth-order valence-electron chi connectivity index (χ4n) is 1.43. The molecule has 0 aliphatic rings. The predicted octanol–water partition coefficient (Wildman–Crippen LogP) is 2.16. The van der Waals surface area contributed by atoms with Gasteiger partial charge in [-0.2, -0.15) is 0 Å². The molecule has 0 atom stereocenters. The van der Waals surface area contributed by atoms with Gasteiger partial charge in [-0.05, 0) is 25.5 Å². The van der Waals surface area contributed by atoms with Gasteiger partial charge in [0.15, 0.2) is 0 Å². The van der Waals surface area contributed by atoms with Crippen molar-refractivity contribution in [2.75, 3.05) is 17.6 Å². The van der Waals surface area contributed by atoms with Crippen LogP contribution < -0.4 is 9.46 Å². The summed E-state index contributed by atoms with van der Waals surface area (Å²) < 4.78 is 30.9. The third kappa shape index (κ3) is 3.13. The SMILES string of the molecule is CCCS(=O)(=O)Nc1cccc(OC)c1C. The van der Waals surface area contributed by atoms with Gasteiger partial charge < -0.3 is 4.74 Å². The molecular formula is C11H17NO3S. The van der Waals surface area contributed by atoms with Gasteiger partial charge in [0.05, 0.1) is 18.6 Å². The second-order valence-corrected chi connectivity index (χ2v) is 5.40. The Morgan fingerprint density at radius 3 is 2.62 bits per heavy atom. The largest absolute Gasteiger partial charge is 0.496 e. The van der Waals surface area contributed by atoms with E-state index in [2.05, 4.69) is 4.72 Å². The molecule has 0 heterocycles. The molecule has 0 radical (unpaired) electrons. The maximum atomic E-state index is 11.6. The van der Waals surface area contributed by atoms with Gasteiger partial charge in [0.2, 0.25) is 10.0 Å². The Kier molecular flexibility index (Phi) is 4.18. The Bertz CT molecular complexity index is 454. The number of rotatable bonds is 5. The van der Waals surface area contributed by atoms with E-state index in [1.807, 2.05) is 13.8 Å². The smallest absolute Gasteiger partial charge is 0.232 e. The maximum Gasteiger partial charge on any atom is 0.232 e. The number of anilines is 1. The first-order valence-electron chi connectivity index (χ1n) is 5.14. The molecule has 5 heteroatoms. The molecule has 0 saturated carbocycles. The Hall–Kier alpha value is -1.23. The molecule has 0 fully saturated rings. The Morgan fingerprint density at radius 1 is 1.38 bits per heavy atom. The van der Waals surface area contributed by atoms with Crippen molar-refractivity contribution >= 4 is 15.7 Å². The van der Waals surface area contributed by atoms with E-state index in [0.717, 1.165) is 5.56 Å². The molecule has 4 nitrogen and oxygen atoms in total. The molecule has 90 valence electrons. The van der Waals surface area contributed by atoms with Crippen LogP contribution in [0.25, 0.3) is 0 Å². The number of hydrogen-bond acceptors (Lipinski definition) is 3. The number of sulfonamides is 1. The molecule has 0 amide bonds. The lowest BCUT2D eigenvalue weighted by molar-refractivity contribution is 0.412. The molecule has 1 aromatic rings. The highest BCUT2D eigenvalue weighted by Gasteiger charge is 2.11. The zero-order chi connectivity index (χ0) is 12.2. The van der Waals surface area contributed by atoms with Gasteiger partial charge in [-0.15, -0.1) is 0 Å². The minimum absolute atomic E-state index is 0.129. The van der Waals surface area contributed by atoms with Crippen LogP contribution in [0.4, 0.5) is 5.69 Å². The Labute approximate surface area is 96.7 Å². The number of methoxy groups -OCH3 is 1. The van der Waals surface area contributed by atoms with Crippen molar-refractivity contribution in [3.05, 3.63) is 23.8 Å². The summed E-state index contributed by atoms with van der Waals surface area (Å²) in [4.78, 5) is 0. The van der Waals surface area contributed by atoms with Crippen LogP contribution in [0.3, 0.4) is 0 Å². The van der Waals surface area contributed by atoms with Crippen molar-refractivity contribution < 1.29 is 13.2 Å². The van der Waals surface area contributed by atoms with E-state index >= 15 is 0 Å². The average molecular weight is 243 g/mol. The monoisotopic (exact) mass is 243 g/mol. The van der Waals surface area contributed by atoms with Crippen molar-refractivity contribution in [1.29, 1.82) is 0 Å². The Morgan fingerprint density at radius 2 is 2.06 bits per heavy atom. The number of nitrogens with one attached hydrogen (secondary N) is 1. The molecule has 1 N–H and O–H groups in total. The first-order chi connectivity index (χ1) is 7.50. The van der Waals surface area contributed by atoms with E-state index in [4.69, 9.17) is 4.74 Å². The zero-order valence-corrected chi connectivity index (χ0v) is 10.6. The molecular weight excluding hydrogens is 226 g/mol. The fourth-order valence-corrected chi connectivity index (χ4v) is 2.63. The lowest BCUT2D eigenvalue weighted by atomic mass is 10.2. The highest BCUT2D eigenvalue weighted by Crippen LogP contribution is 2.25. The van der Waals surface area contributed by atoms with Gasteiger partial charge in [0.25, 0.3) is 0 Å². The van der Waals surface area contributed by atoms with Crippen LogP contribution in [-0.2, 0) is 10.0 Å². The van der Waals surface area contributed by atoms with Crippen molar-refractivity contribution in [2.24, 2.45) is 0 Å². The van der Waals surface area contributed by atoms with Gasteiger partial charge in [-0.25, -0.2) is 8.42 Å². The van der Waals surface area contributed by atoms with Gasteiger partial charge in [-0.3, -0.25) is 4.72 Å². The van der Waals surface area contributed by atoms with Crippen molar-refractivity contribution in [3.8, 4) is 5.75 Å². The van der Waals surface area contributed by atoms with Crippen molar-refractivity contribution in [1.82, 2.24) is 0 Å². The highest BCUT2D eigenvalue weighted by atomic mass is 32.2. The predicted molar refractivity (Wildman–Crippen MR) is 65.4 cm³/mol. The molecule has 0 spiro atoms. The fraction of sp³-hybridized carbons (Fsp3) is 0.455. The zero-order valence-electron chi connectivity index (χ0n) is 9.78. The van der Waals surface area contributed by atoms with Crippen LogP contribution in [0, 0.1) is 6.92 Å². The quantitative estimate of drug-likeness (QED) is 0.862. The summed E-state index contributed by atoms with van der Waals surface area (Å²) in [7, 11) is -1.68. The van der Waals surface area contributed by atoms with Crippen LogP contribution in [0.15, 0.2) is 18.2 Å². The van der Waals surface area contributed by atoms with Crippen LogP contribution >= 0.6 is 0 Å². The van der Waals surface area contributed by atoms with E-state index < -0.39 is 10.0 Å². The summed E-state index contributed by atoms with van der Waals surface area (Å²) in [6, 6.07) is 5.29. The lowest BCUT2D eigenvalue weighted by Crippen LogP contribution is -2.16.